The second-order valence-electron chi connectivity index (χ2n) is 5.15. The zero-order valence-electron chi connectivity index (χ0n) is 13.2. The fraction of sp³-hybridized carbons (Fsp3) is 0.118. The maximum Gasteiger partial charge on any atom is 0.338 e. The number of carboxylic acid groups (broad SMARTS) is 1. The van der Waals surface area contributed by atoms with Crippen molar-refractivity contribution in [3.8, 4) is 0 Å². The van der Waals surface area contributed by atoms with Crippen molar-refractivity contribution in [1.29, 1.82) is 0 Å². The Morgan fingerprint density at radius 2 is 2.12 bits per heavy atom. The van der Waals surface area contributed by atoms with Gasteiger partial charge in [-0.25, -0.2) is 14.8 Å². The first-order valence-corrected chi connectivity index (χ1v) is 9.57. The lowest BCUT2D eigenvalue weighted by Gasteiger charge is -2.08. The number of nitrogens with zero attached hydrogens (tertiary/aromatic N) is 2. The van der Waals surface area contributed by atoms with Gasteiger partial charge in [0.15, 0.2) is 5.16 Å². The number of halogens is 1. The Morgan fingerprint density at radius 3 is 2.88 bits per heavy atom. The van der Waals surface area contributed by atoms with E-state index in [-0.39, 0.29) is 5.56 Å². The van der Waals surface area contributed by atoms with Crippen LogP contribution >= 0.6 is 34.7 Å². The number of rotatable bonds is 6. The summed E-state index contributed by atoms with van der Waals surface area (Å²) in [5.41, 5.74) is 2.04. The van der Waals surface area contributed by atoms with Gasteiger partial charge in [-0.1, -0.05) is 41.6 Å². The Morgan fingerprint density at radius 1 is 1.32 bits per heavy atom. The number of nitrogens with one attached hydrogen (secondary N) is 1. The molecule has 2 heterocycles. The minimum atomic E-state index is -0.970. The van der Waals surface area contributed by atoms with E-state index in [1.54, 1.807) is 17.5 Å². The summed E-state index contributed by atoms with van der Waals surface area (Å²) >= 11 is 8.97. The highest BCUT2D eigenvalue weighted by Gasteiger charge is 2.13. The molecule has 0 aliphatic carbocycles. The topological polar surface area (TPSA) is 75.1 Å². The van der Waals surface area contributed by atoms with Gasteiger partial charge in [0, 0.05) is 22.5 Å². The van der Waals surface area contributed by atoms with E-state index < -0.39 is 5.97 Å². The molecule has 8 heteroatoms. The highest BCUT2D eigenvalue weighted by Crippen LogP contribution is 2.29. The van der Waals surface area contributed by atoms with Gasteiger partial charge in [0.1, 0.15) is 10.8 Å². The van der Waals surface area contributed by atoms with E-state index in [1.165, 1.54) is 23.1 Å². The normalized spacial score (nSPS) is 10.6. The van der Waals surface area contributed by atoms with Gasteiger partial charge >= 0.3 is 5.97 Å². The smallest absolute Gasteiger partial charge is 0.338 e. The molecule has 0 bridgehead atoms. The highest BCUT2D eigenvalue weighted by molar-refractivity contribution is 7.98. The fourth-order valence-electron chi connectivity index (χ4n) is 2.12. The molecule has 0 aliphatic rings. The number of aromatic nitrogens is 2. The maximum atomic E-state index is 11.2. The lowest BCUT2D eigenvalue weighted by atomic mass is 10.2. The third kappa shape index (κ3) is 4.50. The first-order chi connectivity index (χ1) is 12.0. The number of thioether (sulfide) groups is 1. The molecule has 0 saturated heterocycles. The summed E-state index contributed by atoms with van der Waals surface area (Å²) in [6.45, 7) is 1.87. The second kappa shape index (κ2) is 7.86. The molecule has 2 aromatic heterocycles. The Bertz CT molecular complexity index is 914. The van der Waals surface area contributed by atoms with Gasteiger partial charge in [-0.05, 0) is 30.0 Å². The van der Waals surface area contributed by atoms with Gasteiger partial charge in [0.25, 0.3) is 0 Å². The Balaban J connectivity index is 1.77. The van der Waals surface area contributed by atoms with Crippen LogP contribution in [0.5, 0.6) is 0 Å². The summed E-state index contributed by atoms with van der Waals surface area (Å²) in [4.78, 5) is 20.1. The van der Waals surface area contributed by atoms with E-state index in [0.717, 1.165) is 11.3 Å². The van der Waals surface area contributed by atoms with Crippen molar-refractivity contribution in [3.05, 3.63) is 63.6 Å². The monoisotopic (exact) mass is 391 g/mol. The number of carboxylic acids is 1. The van der Waals surface area contributed by atoms with E-state index in [1.807, 2.05) is 31.2 Å². The molecule has 0 unspecified atom stereocenters. The van der Waals surface area contributed by atoms with Crippen molar-refractivity contribution in [3.63, 3.8) is 0 Å². The zero-order valence-corrected chi connectivity index (χ0v) is 15.6. The van der Waals surface area contributed by atoms with Gasteiger partial charge in [-0.3, -0.25) is 0 Å². The second-order valence-corrected chi connectivity index (χ2v) is 7.42. The van der Waals surface area contributed by atoms with Crippen LogP contribution in [-0.4, -0.2) is 21.0 Å². The van der Waals surface area contributed by atoms with Crippen LogP contribution < -0.4 is 5.32 Å². The number of aryl methyl sites for hydroxylation is 1. The fourth-order valence-corrected chi connectivity index (χ4v) is 4.09. The first kappa shape index (κ1) is 17.7. The minimum Gasteiger partial charge on any atom is -0.478 e. The standard InChI is InChI=1S/C17H14ClN3O2S2/c1-10-8-14(20-15-12(16(22)23)6-7-24-15)21-17(19-10)25-9-11-4-2-3-5-13(11)18/h2-8H,9H2,1H3,(H,22,23)(H,19,20,21). The lowest BCUT2D eigenvalue weighted by molar-refractivity contribution is 0.0698. The van der Waals surface area contributed by atoms with Gasteiger partial charge in [-0.15, -0.1) is 11.3 Å². The predicted molar refractivity (Wildman–Crippen MR) is 102 cm³/mol. The van der Waals surface area contributed by atoms with Crippen molar-refractivity contribution in [2.45, 2.75) is 17.8 Å². The Labute approximate surface area is 158 Å². The molecular formula is C17H14ClN3O2S2. The molecule has 0 atom stereocenters. The van der Waals surface area contributed by atoms with Crippen molar-refractivity contribution in [2.24, 2.45) is 0 Å². The molecule has 3 aromatic rings. The van der Waals surface area contributed by atoms with Crippen LogP contribution in [0.4, 0.5) is 10.8 Å². The van der Waals surface area contributed by atoms with Crippen LogP contribution in [0.25, 0.3) is 0 Å². The van der Waals surface area contributed by atoms with Crippen molar-refractivity contribution < 1.29 is 9.90 Å². The van der Waals surface area contributed by atoms with E-state index in [4.69, 9.17) is 11.6 Å². The number of carbonyl (C=O) groups is 1. The summed E-state index contributed by atoms with van der Waals surface area (Å²) in [6, 6.07) is 11.0. The van der Waals surface area contributed by atoms with Crippen LogP contribution in [0.2, 0.25) is 5.02 Å². The number of thiophene rings is 1. The molecule has 0 saturated carbocycles. The quantitative estimate of drug-likeness (QED) is 0.442. The van der Waals surface area contributed by atoms with Gasteiger partial charge in [-0.2, -0.15) is 0 Å². The van der Waals surface area contributed by atoms with E-state index in [9.17, 15) is 9.90 Å². The van der Waals surface area contributed by atoms with Crippen molar-refractivity contribution in [1.82, 2.24) is 9.97 Å². The number of anilines is 2. The number of hydrogen-bond acceptors (Lipinski definition) is 6. The Kier molecular flexibility index (Phi) is 5.57. The molecule has 0 spiro atoms. The average molecular weight is 392 g/mol. The number of aromatic carboxylic acids is 1. The summed E-state index contributed by atoms with van der Waals surface area (Å²) in [5, 5.41) is 15.9. The third-order valence-electron chi connectivity index (χ3n) is 3.29. The van der Waals surface area contributed by atoms with Crippen molar-refractivity contribution in [2.75, 3.05) is 5.32 Å². The van der Waals surface area contributed by atoms with E-state index in [2.05, 4.69) is 15.3 Å². The molecule has 0 aliphatic heterocycles. The molecule has 128 valence electrons. The van der Waals surface area contributed by atoms with Crippen LogP contribution in [0.15, 0.2) is 46.9 Å². The third-order valence-corrected chi connectivity index (χ3v) is 5.38. The molecule has 25 heavy (non-hydrogen) atoms. The number of benzene rings is 1. The van der Waals surface area contributed by atoms with Crippen LogP contribution in [0.3, 0.4) is 0 Å². The first-order valence-electron chi connectivity index (χ1n) is 7.32. The molecular weight excluding hydrogens is 378 g/mol. The molecule has 3 rings (SSSR count). The summed E-state index contributed by atoms with van der Waals surface area (Å²) in [6.07, 6.45) is 0. The summed E-state index contributed by atoms with van der Waals surface area (Å²) < 4.78 is 0. The van der Waals surface area contributed by atoms with Gasteiger partial charge < -0.3 is 10.4 Å². The minimum absolute atomic E-state index is 0.228. The molecule has 0 fully saturated rings. The zero-order chi connectivity index (χ0) is 17.8. The SMILES string of the molecule is Cc1cc(Nc2sccc2C(=O)O)nc(SCc2ccccc2Cl)n1. The summed E-state index contributed by atoms with van der Waals surface area (Å²) in [7, 11) is 0. The molecule has 0 amide bonds. The lowest BCUT2D eigenvalue weighted by Crippen LogP contribution is -2.02. The van der Waals surface area contributed by atoms with E-state index in [0.29, 0.717) is 26.8 Å². The van der Waals surface area contributed by atoms with Crippen molar-refractivity contribution >= 4 is 51.5 Å². The van der Waals surface area contributed by atoms with Gasteiger partial charge in [0.2, 0.25) is 0 Å². The summed E-state index contributed by atoms with van der Waals surface area (Å²) in [5.74, 6) is 0.254. The highest BCUT2D eigenvalue weighted by atomic mass is 35.5. The average Bonchev–Trinajstić information content (AvgIpc) is 3.02. The maximum absolute atomic E-state index is 11.2. The van der Waals surface area contributed by atoms with Crippen LogP contribution in [0, 0.1) is 6.92 Å². The van der Waals surface area contributed by atoms with E-state index >= 15 is 0 Å². The predicted octanol–water partition coefficient (Wildman–Crippen LogP) is 5.23. The molecule has 5 nitrogen and oxygen atoms in total. The largest absolute Gasteiger partial charge is 0.478 e. The number of hydrogen-bond donors (Lipinski definition) is 2. The van der Waals surface area contributed by atoms with Gasteiger partial charge in [0.05, 0.1) is 5.56 Å². The molecule has 2 N–H and O–H groups in total. The van der Waals surface area contributed by atoms with Crippen LogP contribution in [-0.2, 0) is 5.75 Å². The molecule has 1 aromatic carbocycles. The Hall–Kier alpha value is -2.09. The molecule has 0 radical (unpaired) electrons. The van der Waals surface area contributed by atoms with Crippen LogP contribution in [0.1, 0.15) is 21.6 Å².